The molecule has 0 bridgehead atoms. The monoisotopic (exact) mass is 511 g/mol. The molecule has 0 saturated carbocycles. The first-order valence-corrected chi connectivity index (χ1v) is 12.8. The molecule has 38 heavy (non-hydrogen) atoms. The van der Waals surface area contributed by atoms with Crippen molar-refractivity contribution in [3.8, 4) is 0 Å². The van der Waals surface area contributed by atoms with E-state index in [9.17, 15) is 19.8 Å². The lowest BCUT2D eigenvalue weighted by Gasteiger charge is -2.41. The third-order valence-electron chi connectivity index (χ3n) is 7.68. The van der Waals surface area contributed by atoms with Crippen molar-refractivity contribution in [2.24, 2.45) is 0 Å². The summed E-state index contributed by atoms with van der Waals surface area (Å²) in [6.07, 6.45) is -0.855. The second kappa shape index (κ2) is 9.96. The zero-order valence-corrected chi connectivity index (χ0v) is 20.9. The Labute approximate surface area is 220 Å². The van der Waals surface area contributed by atoms with E-state index < -0.39 is 24.1 Å². The van der Waals surface area contributed by atoms with Gasteiger partial charge in [0, 0.05) is 37.1 Å². The number of nitrogens with zero attached hydrogens (tertiary/aromatic N) is 3. The minimum Gasteiger partial charge on any atom is -0.480 e. The van der Waals surface area contributed by atoms with Gasteiger partial charge in [0.1, 0.15) is 6.04 Å². The van der Waals surface area contributed by atoms with Crippen molar-refractivity contribution >= 4 is 28.7 Å². The molecular weight excluding hydrogens is 482 g/mol. The van der Waals surface area contributed by atoms with Crippen molar-refractivity contribution in [1.29, 1.82) is 0 Å². The molecule has 3 heterocycles. The van der Waals surface area contributed by atoms with Crippen LogP contribution in [0.5, 0.6) is 0 Å². The molecule has 0 amide bonds. The zero-order valence-electron chi connectivity index (χ0n) is 20.9. The van der Waals surface area contributed by atoms with Crippen LogP contribution in [-0.4, -0.2) is 64.1 Å². The number of ether oxygens (including phenoxy) is 1. The standard InChI is InChI=1S/C30H29N3O5/c34-29(35)26-18-24-23-8-4-5-9-25(23)33(30(36)37)28(24)27(32(26)19-20-6-2-1-3-7-20)21-10-12-22(13-11-21)31-14-16-38-17-15-31/h1-13,26-27H,14-19H2,(H,34,35)(H,36,37)/t26-,27?/m1/s1. The molecule has 1 aromatic heterocycles. The van der Waals surface area contributed by atoms with Gasteiger partial charge in [-0.05, 0) is 34.9 Å². The molecule has 1 fully saturated rings. The largest absolute Gasteiger partial charge is 0.480 e. The number of morpholine rings is 1. The van der Waals surface area contributed by atoms with E-state index in [-0.39, 0.29) is 6.42 Å². The lowest BCUT2D eigenvalue weighted by Crippen LogP contribution is -2.48. The van der Waals surface area contributed by atoms with Crippen LogP contribution in [0.2, 0.25) is 0 Å². The summed E-state index contributed by atoms with van der Waals surface area (Å²) in [6, 6.07) is 23.8. The molecule has 2 aliphatic rings. The first-order valence-electron chi connectivity index (χ1n) is 12.8. The average molecular weight is 512 g/mol. The van der Waals surface area contributed by atoms with E-state index in [1.807, 2.05) is 77.7 Å². The number of hydrogen-bond acceptors (Lipinski definition) is 5. The van der Waals surface area contributed by atoms with Crippen molar-refractivity contribution in [3.63, 3.8) is 0 Å². The number of hydrogen-bond donors (Lipinski definition) is 2. The molecule has 194 valence electrons. The Hall–Kier alpha value is -4.14. The third kappa shape index (κ3) is 4.21. The fourth-order valence-electron chi connectivity index (χ4n) is 5.95. The number of aromatic nitrogens is 1. The molecule has 2 atom stereocenters. The molecule has 8 nitrogen and oxygen atoms in total. The summed E-state index contributed by atoms with van der Waals surface area (Å²) in [5.74, 6) is -0.923. The van der Waals surface area contributed by atoms with Crippen LogP contribution in [0.4, 0.5) is 10.5 Å². The Balaban J connectivity index is 1.54. The minimum absolute atomic E-state index is 0.223. The molecule has 8 heteroatoms. The lowest BCUT2D eigenvalue weighted by atomic mass is 9.87. The summed E-state index contributed by atoms with van der Waals surface area (Å²) in [5, 5.41) is 21.5. The minimum atomic E-state index is -1.08. The lowest BCUT2D eigenvalue weighted by molar-refractivity contribution is -0.144. The highest BCUT2D eigenvalue weighted by atomic mass is 16.5. The normalized spacial score (nSPS) is 19.8. The molecule has 3 aromatic carbocycles. The van der Waals surface area contributed by atoms with Gasteiger partial charge in [0.05, 0.1) is 30.5 Å². The van der Waals surface area contributed by atoms with Crippen molar-refractivity contribution < 1.29 is 24.5 Å². The highest BCUT2D eigenvalue weighted by Gasteiger charge is 2.43. The number of para-hydroxylation sites is 1. The summed E-state index contributed by atoms with van der Waals surface area (Å²) in [4.78, 5) is 29.6. The average Bonchev–Trinajstić information content (AvgIpc) is 3.28. The molecule has 0 radical (unpaired) electrons. The number of rotatable bonds is 5. The summed E-state index contributed by atoms with van der Waals surface area (Å²) >= 11 is 0. The maximum atomic E-state index is 12.7. The van der Waals surface area contributed by atoms with E-state index in [1.165, 1.54) is 4.57 Å². The summed E-state index contributed by atoms with van der Waals surface area (Å²) in [6.45, 7) is 3.34. The Bertz CT molecular complexity index is 1480. The molecule has 4 aromatic rings. The number of carbonyl (C=O) groups is 2. The van der Waals surface area contributed by atoms with Crippen molar-refractivity contribution in [3.05, 3.63) is 101 Å². The van der Waals surface area contributed by atoms with Gasteiger partial charge >= 0.3 is 12.1 Å². The van der Waals surface area contributed by atoms with Crippen LogP contribution in [0.15, 0.2) is 78.9 Å². The number of aliphatic carboxylic acids is 1. The molecule has 2 N–H and O–H groups in total. The van der Waals surface area contributed by atoms with Gasteiger partial charge in [0.2, 0.25) is 0 Å². The molecule has 1 saturated heterocycles. The predicted octanol–water partition coefficient (Wildman–Crippen LogP) is 4.60. The van der Waals surface area contributed by atoms with E-state index in [1.54, 1.807) is 6.07 Å². The molecular formula is C30H29N3O5. The smallest absolute Gasteiger partial charge is 0.416 e. The quantitative estimate of drug-likeness (QED) is 0.404. The Morgan fingerprint density at radius 3 is 2.24 bits per heavy atom. The summed E-state index contributed by atoms with van der Waals surface area (Å²) in [5.41, 5.74) is 4.86. The van der Waals surface area contributed by atoms with Gasteiger partial charge in [-0.2, -0.15) is 0 Å². The fraction of sp³-hybridized carbons (Fsp3) is 0.267. The first kappa shape index (κ1) is 24.2. The van der Waals surface area contributed by atoms with Crippen LogP contribution in [0.25, 0.3) is 10.9 Å². The third-order valence-corrected chi connectivity index (χ3v) is 7.68. The SMILES string of the molecule is O=C(O)[C@H]1Cc2c(n(C(=O)O)c3ccccc23)C(c2ccc(N3CCOCC3)cc2)N1Cc1ccccc1. The van der Waals surface area contributed by atoms with Crippen LogP contribution >= 0.6 is 0 Å². The number of fused-ring (bicyclic) bond motifs is 3. The van der Waals surface area contributed by atoms with E-state index >= 15 is 0 Å². The van der Waals surface area contributed by atoms with E-state index in [0.29, 0.717) is 31.0 Å². The van der Waals surface area contributed by atoms with E-state index in [2.05, 4.69) is 4.90 Å². The van der Waals surface area contributed by atoms with Gasteiger partial charge in [-0.25, -0.2) is 9.36 Å². The molecule has 6 rings (SSSR count). The van der Waals surface area contributed by atoms with Crippen LogP contribution < -0.4 is 4.90 Å². The second-order valence-electron chi connectivity index (χ2n) is 9.81. The Morgan fingerprint density at radius 2 is 1.55 bits per heavy atom. The Morgan fingerprint density at radius 1 is 0.868 bits per heavy atom. The number of benzene rings is 3. The zero-order chi connectivity index (χ0) is 26.2. The second-order valence-corrected chi connectivity index (χ2v) is 9.81. The van der Waals surface area contributed by atoms with Crippen LogP contribution in [0.1, 0.15) is 28.4 Å². The fourth-order valence-corrected chi connectivity index (χ4v) is 5.95. The predicted molar refractivity (Wildman–Crippen MR) is 144 cm³/mol. The van der Waals surface area contributed by atoms with Crippen LogP contribution in [0, 0.1) is 0 Å². The van der Waals surface area contributed by atoms with E-state index in [0.717, 1.165) is 40.9 Å². The molecule has 1 unspecified atom stereocenters. The van der Waals surface area contributed by atoms with Crippen LogP contribution in [0.3, 0.4) is 0 Å². The highest BCUT2D eigenvalue weighted by Crippen LogP contribution is 2.44. The topological polar surface area (TPSA) is 95.2 Å². The van der Waals surface area contributed by atoms with Gasteiger partial charge in [-0.3, -0.25) is 9.69 Å². The van der Waals surface area contributed by atoms with Gasteiger partial charge in [0.15, 0.2) is 0 Å². The maximum Gasteiger partial charge on any atom is 0.416 e. The first-order chi connectivity index (χ1) is 18.5. The van der Waals surface area contributed by atoms with E-state index in [4.69, 9.17) is 4.74 Å². The summed E-state index contributed by atoms with van der Waals surface area (Å²) in [7, 11) is 0. The molecule has 0 aliphatic carbocycles. The number of anilines is 1. The van der Waals surface area contributed by atoms with Gasteiger partial charge in [-0.1, -0.05) is 60.7 Å². The number of carboxylic acid groups (broad SMARTS) is 2. The van der Waals surface area contributed by atoms with Gasteiger partial charge in [-0.15, -0.1) is 0 Å². The molecule has 2 aliphatic heterocycles. The van der Waals surface area contributed by atoms with Gasteiger partial charge in [0.25, 0.3) is 0 Å². The molecule has 0 spiro atoms. The van der Waals surface area contributed by atoms with Crippen molar-refractivity contribution in [2.45, 2.75) is 25.0 Å². The maximum absolute atomic E-state index is 12.7. The van der Waals surface area contributed by atoms with Crippen LogP contribution in [-0.2, 0) is 22.5 Å². The highest BCUT2D eigenvalue weighted by molar-refractivity contribution is 5.94. The van der Waals surface area contributed by atoms with Gasteiger partial charge < -0.3 is 19.8 Å². The Kier molecular flexibility index (Phi) is 6.35. The van der Waals surface area contributed by atoms with Crippen molar-refractivity contribution in [1.82, 2.24) is 9.47 Å². The number of carboxylic acids is 1. The summed E-state index contributed by atoms with van der Waals surface area (Å²) < 4.78 is 6.83. The van der Waals surface area contributed by atoms with Crippen molar-refractivity contribution in [2.75, 3.05) is 31.2 Å².